The van der Waals surface area contributed by atoms with E-state index in [4.69, 9.17) is 0 Å². The van der Waals surface area contributed by atoms with Gasteiger partial charge in [-0.2, -0.15) is 0 Å². The van der Waals surface area contributed by atoms with Gasteiger partial charge >= 0.3 is 0 Å². The number of hydrogen-bond donors (Lipinski definition) is 1. The maximum absolute atomic E-state index is 12.5. The van der Waals surface area contributed by atoms with E-state index >= 15 is 0 Å². The highest BCUT2D eigenvalue weighted by Gasteiger charge is 2.33. The number of aliphatic hydroxyl groups is 1. The van der Waals surface area contributed by atoms with E-state index in [0.29, 0.717) is 16.7 Å². The van der Waals surface area contributed by atoms with E-state index in [1.54, 1.807) is 0 Å². The van der Waals surface area contributed by atoms with Crippen molar-refractivity contribution in [3.05, 3.63) is 214 Å². The molecule has 6 rings (SSSR count). The van der Waals surface area contributed by atoms with Gasteiger partial charge in [0.1, 0.15) is 5.60 Å². The Bertz CT molecular complexity index is 2170. The molecule has 0 spiro atoms. The normalized spacial score (nSPS) is 9.54. The average Bonchev–Trinajstić information content (AvgIpc) is 3.18. The molecule has 0 unspecified atom stereocenters. The molecule has 0 saturated carbocycles. The molecule has 0 aliphatic rings. The van der Waals surface area contributed by atoms with Crippen LogP contribution < -0.4 is 0 Å². The number of benzene rings is 6. The van der Waals surface area contributed by atoms with Gasteiger partial charge in [-0.25, -0.2) is 0 Å². The van der Waals surface area contributed by atoms with Crippen LogP contribution in [0.3, 0.4) is 0 Å². The first-order chi connectivity index (χ1) is 24.7. The highest BCUT2D eigenvalue weighted by molar-refractivity contribution is 5.54. The van der Waals surface area contributed by atoms with Crippen molar-refractivity contribution in [1.29, 1.82) is 0 Å². The molecule has 0 fully saturated rings. The fourth-order valence-electron chi connectivity index (χ4n) is 5.07. The van der Waals surface area contributed by atoms with Crippen molar-refractivity contribution in [2.75, 3.05) is 0 Å². The van der Waals surface area contributed by atoms with Crippen molar-refractivity contribution in [1.82, 2.24) is 0 Å². The monoisotopic (exact) mass is 632 g/mol. The van der Waals surface area contributed by atoms with Crippen LogP contribution in [0.1, 0.15) is 50.1 Å². The Morgan fingerprint density at radius 1 is 0.260 bits per heavy atom. The third-order valence-electron chi connectivity index (χ3n) is 7.66. The fourth-order valence-corrected chi connectivity index (χ4v) is 5.07. The molecular weight excluding hydrogens is 605 g/mol. The lowest BCUT2D eigenvalue weighted by Gasteiger charge is -2.30. The summed E-state index contributed by atoms with van der Waals surface area (Å²) in [5.41, 5.74) is 5.74. The van der Waals surface area contributed by atoms with Crippen molar-refractivity contribution in [2.45, 2.75) is 5.60 Å². The molecule has 1 N–H and O–H groups in total. The highest BCUT2D eigenvalue weighted by atomic mass is 16.3. The Morgan fingerprint density at radius 3 is 0.680 bits per heavy atom. The molecule has 0 saturated heterocycles. The first kappa shape index (κ1) is 32.6. The standard InChI is InChI=1S/C49H28O/c50-49(46-34-28-43(29-35-46)25-13-10-22-40-16-4-1-5-17-40,47-36-30-44(31-37-47)26-14-11-23-41-18-6-2-7-19-41)48-38-32-45(33-39-48)27-15-12-24-42-20-8-3-9-21-42/h1-9,16-21,28-39,50H. The molecule has 50 heavy (non-hydrogen) atoms. The van der Waals surface area contributed by atoms with Crippen LogP contribution >= 0.6 is 0 Å². The molecule has 0 heterocycles. The molecule has 1 nitrogen and oxygen atoms in total. The summed E-state index contributed by atoms with van der Waals surface area (Å²) in [4.78, 5) is 0. The number of hydrogen-bond acceptors (Lipinski definition) is 1. The average molecular weight is 633 g/mol. The van der Waals surface area contributed by atoms with Gasteiger partial charge in [0.25, 0.3) is 0 Å². The Labute approximate surface area is 294 Å². The molecule has 6 aromatic rings. The van der Waals surface area contributed by atoms with Gasteiger partial charge in [0.2, 0.25) is 0 Å². The van der Waals surface area contributed by atoms with Crippen molar-refractivity contribution >= 4 is 0 Å². The molecule has 0 aromatic heterocycles. The van der Waals surface area contributed by atoms with Crippen LogP contribution in [0.25, 0.3) is 0 Å². The van der Waals surface area contributed by atoms with Crippen molar-refractivity contribution < 1.29 is 5.11 Å². The summed E-state index contributed by atoms with van der Waals surface area (Å²) in [5, 5.41) is 12.5. The van der Waals surface area contributed by atoms with Gasteiger partial charge in [-0.05, 0) is 125 Å². The molecule has 6 aromatic carbocycles. The van der Waals surface area contributed by atoms with Gasteiger partial charge in [-0.1, -0.05) is 127 Å². The molecule has 0 aliphatic heterocycles. The Kier molecular flexibility index (Phi) is 10.7. The second-order valence-corrected chi connectivity index (χ2v) is 11.0. The van der Waals surface area contributed by atoms with E-state index in [2.05, 4.69) is 71.0 Å². The Balaban J connectivity index is 1.28. The van der Waals surface area contributed by atoms with Gasteiger partial charge < -0.3 is 5.11 Å². The van der Waals surface area contributed by atoms with E-state index in [1.807, 2.05) is 164 Å². The fraction of sp³-hybridized carbons (Fsp3) is 0.0204. The van der Waals surface area contributed by atoms with Crippen LogP contribution in [-0.4, -0.2) is 5.11 Å². The predicted molar refractivity (Wildman–Crippen MR) is 202 cm³/mol. The quantitative estimate of drug-likeness (QED) is 0.154. The molecule has 0 aliphatic carbocycles. The van der Waals surface area contributed by atoms with E-state index in [-0.39, 0.29) is 0 Å². The SMILES string of the molecule is OC(c1ccc(C#CC#Cc2ccccc2)cc1)(c1ccc(C#CC#Cc2ccccc2)cc1)c1ccc(C#CC#Cc2ccccc2)cc1. The molecule has 230 valence electrons. The maximum Gasteiger partial charge on any atom is 0.140 e. The predicted octanol–water partition coefficient (Wildman–Crippen LogP) is 8.18. The zero-order chi connectivity index (χ0) is 34.3. The Hall–Kier alpha value is -7.36. The lowest BCUT2D eigenvalue weighted by Crippen LogP contribution is -2.28. The zero-order valence-electron chi connectivity index (χ0n) is 27.0. The van der Waals surface area contributed by atoms with E-state index in [1.165, 1.54) is 0 Å². The van der Waals surface area contributed by atoms with Crippen molar-refractivity contribution in [3.8, 4) is 71.0 Å². The van der Waals surface area contributed by atoms with E-state index in [0.717, 1.165) is 33.4 Å². The van der Waals surface area contributed by atoms with E-state index < -0.39 is 5.60 Å². The summed E-state index contributed by atoms with van der Waals surface area (Å²) in [6, 6.07) is 52.0. The lowest BCUT2D eigenvalue weighted by atomic mass is 9.79. The molecule has 1 heteroatoms. The largest absolute Gasteiger partial charge is 0.376 e. The smallest absolute Gasteiger partial charge is 0.140 e. The van der Waals surface area contributed by atoms with E-state index in [9.17, 15) is 5.11 Å². The van der Waals surface area contributed by atoms with Crippen molar-refractivity contribution in [3.63, 3.8) is 0 Å². The minimum Gasteiger partial charge on any atom is -0.376 e. The first-order valence-electron chi connectivity index (χ1n) is 15.9. The van der Waals surface area contributed by atoms with Crippen LogP contribution in [0.5, 0.6) is 0 Å². The van der Waals surface area contributed by atoms with Gasteiger partial charge in [0.15, 0.2) is 0 Å². The molecule has 0 atom stereocenters. The second kappa shape index (κ2) is 16.5. The van der Waals surface area contributed by atoms with Gasteiger partial charge in [0.05, 0.1) is 0 Å². The third kappa shape index (κ3) is 8.71. The van der Waals surface area contributed by atoms with Crippen molar-refractivity contribution in [2.24, 2.45) is 0 Å². The second-order valence-electron chi connectivity index (χ2n) is 11.0. The molecule has 0 amide bonds. The minimum absolute atomic E-state index is 0.693. The topological polar surface area (TPSA) is 20.2 Å². The summed E-state index contributed by atoms with van der Waals surface area (Å²) in [7, 11) is 0. The number of rotatable bonds is 3. The minimum atomic E-state index is -1.46. The summed E-state index contributed by atoms with van der Waals surface area (Å²) in [6.45, 7) is 0. The third-order valence-corrected chi connectivity index (χ3v) is 7.66. The zero-order valence-corrected chi connectivity index (χ0v) is 27.0. The van der Waals surface area contributed by atoms with Crippen LogP contribution in [0.15, 0.2) is 164 Å². The van der Waals surface area contributed by atoms with Crippen LogP contribution in [0.2, 0.25) is 0 Å². The van der Waals surface area contributed by atoms with Gasteiger partial charge in [-0.15, -0.1) is 0 Å². The summed E-state index contributed by atoms with van der Waals surface area (Å²) in [5.74, 6) is 36.0. The summed E-state index contributed by atoms with van der Waals surface area (Å²) >= 11 is 0. The first-order valence-corrected chi connectivity index (χ1v) is 15.9. The van der Waals surface area contributed by atoms with Gasteiger partial charge in [0, 0.05) is 33.4 Å². The summed E-state index contributed by atoms with van der Waals surface area (Å²) < 4.78 is 0. The highest BCUT2D eigenvalue weighted by Crippen LogP contribution is 2.37. The Morgan fingerprint density at radius 2 is 0.460 bits per heavy atom. The van der Waals surface area contributed by atoms with Crippen LogP contribution in [-0.2, 0) is 5.60 Å². The summed E-state index contributed by atoms with van der Waals surface area (Å²) in [6.07, 6.45) is 0. The maximum atomic E-state index is 12.5. The van der Waals surface area contributed by atoms with Crippen LogP contribution in [0.4, 0.5) is 0 Å². The molecule has 0 radical (unpaired) electrons. The van der Waals surface area contributed by atoms with Crippen LogP contribution in [0, 0.1) is 71.0 Å². The molecule has 0 bridgehead atoms. The molecular formula is C49H28O. The lowest BCUT2D eigenvalue weighted by molar-refractivity contribution is 0.125. The van der Waals surface area contributed by atoms with Gasteiger partial charge in [-0.3, -0.25) is 0 Å².